The summed E-state index contributed by atoms with van der Waals surface area (Å²) in [5.74, 6) is -6.02. The molecule has 18 heteroatoms. The number of likely N-dealkylation sites (N-methyl/N-ethyl adjacent to an activating group) is 2. The standard InChI is InChI=1S/C61H82N8O10/c1-34(62-9)53(72)66-51(60(3,4)5)57(76)68-32-36(25-47(68)55(74)64-45-23-15-19-38-17-11-13-21-43(38)45)27-49(70)40-29-41(31-42(30-40)59(78)79)50(71)28-37-26-48(56(75)65-46-24-16-20-39-18-12-14-22-44(39)46)69(33-37)58(77)52(61(6,7)8)67-54(73)35(2)63-10/h11-14,17-18,21-22,29-31,34-37,45-48,51-52,62-63H,15-16,19-20,23-28,32-33H2,1-10H3,(H,64,74)(H,65,75)(H,66,72)(H,67,73)(H,78,79)/t34-,35-,36+,37+,45+,46+,47-,48-,51+,52+/m0/s1. The van der Waals surface area contributed by atoms with E-state index in [4.69, 9.17) is 0 Å². The van der Waals surface area contributed by atoms with E-state index in [1.54, 1.807) is 27.9 Å². The second-order valence-electron chi connectivity index (χ2n) is 24.5. The Balaban J connectivity index is 1.13. The summed E-state index contributed by atoms with van der Waals surface area (Å²) in [6.45, 7) is 14.3. The summed E-state index contributed by atoms with van der Waals surface area (Å²) < 4.78 is 0. The van der Waals surface area contributed by atoms with Crippen LogP contribution in [0.4, 0.5) is 0 Å². The van der Waals surface area contributed by atoms with E-state index in [0.717, 1.165) is 47.9 Å². The number of aromatic carboxylic acids is 1. The van der Waals surface area contributed by atoms with Crippen LogP contribution in [-0.2, 0) is 41.6 Å². The molecule has 2 heterocycles. The van der Waals surface area contributed by atoms with Crippen molar-refractivity contribution in [3.8, 4) is 0 Å². The van der Waals surface area contributed by atoms with Gasteiger partial charge >= 0.3 is 5.97 Å². The number of Topliss-reactive ketones (excluding diaryl/α,β-unsaturated/α-hetero) is 2. The van der Waals surface area contributed by atoms with Crippen molar-refractivity contribution in [1.29, 1.82) is 0 Å². The van der Waals surface area contributed by atoms with Gasteiger partial charge in [0.25, 0.3) is 0 Å². The van der Waals surface area contributed by atoms with Crippen molar-refractivity contribution >= 4 is 53.0 Å². The van der Waals surface area contributed by atoms with Gasteiger partial charge in [0, 0.05) is 37.1 Å². The van der Waals surface area contributed by atoms with Crippen LogP contribution in [0.2, 0.25) is 0 Å². The van der Waals surface area contributed by atoms with Crippen molar-refractivity contribution in [2.45, 2.75) is 168 Å². The lowest BCUT2D eigenvalue weighted by Crippen LogP contribution is -2.59. The minimum absolute atomic E-state index is 0.00841. The lowest BCUT2D eigenvalue weighted by Gasteiger charge is -2.36. The molecule has 0 radical (unpaired) electrons. The fourth-order valence-corrected chi connectivity index (χ4v) is 11.7. The number of amides is 6. The van der Waals surface area contributed by atoms with Gasteiger partial charge in [-0.05, 0) is 142 Å². The van der Waals surface area contributed by atoms with Crippen molar-refractivity contribution in [2.75, 3.05) is 27.2 Å². The topological polar surface area (TPSA) is 253 Å². The van der Waals surface area contributed by atoms with Crippen molar-refractivity contribution < 1.29 is 48.3 Å². The Kier molecular flexibility index (Phi) is 19.0. The average molecular weight is 1090 g/mol. The van der Waals surface area contributed by atoms with Gasteiger partial charge in [0.2, 0.25) is 35.4 Å². The van der Waals surface area contributed by atoms with Gasteiger partial charge in [-0.2, -0.15) is 0 Å². The van der Waals surface area contributed by atoms with E-state index in [9.17, 15) is 48.3 Å². The minimum Gasteiger partial charge on any atom is -0.478 e. The summed E-state index contributed by atoms with van der Waals surface area (Å²) in [5, 5.41) is 28.4. The molecule has 0 saturated carbocycles. The predicted octanol–water partition coefficient (Wildman–Crippen LogP) is 5.63. The molecule has 2 aliphatic carbocycles. The number of benzene rings is 3. The molecular weight excluding hydrogens is 1000 g/mol. The average Bonchev–Trinajstić information content (AvgIpc) is 4.17. The molecule has 7 rings (SSSR count). The van der Waals surface area contributed by atoms with Crippen LogP contribution in [0.1, 0.15) is 172 Å². The fourth-order valence-electron chi connectivity index (χ4n) is 11.7. The van der Waals surface area contributed by atoms with Crippen molar-refractivity contribution in [1.82, 2.24) is 41.7 Å². The second kappa shape index (κ2) is 25.1. The van der Waals surface area contributed by atoms with Crippen LogP contribution in [0.5, 0.6) is 0 Å². The Morgan fingerprint density at radius 3 is 1.29 bits per heavy atom. The third-order valence-corrected chi connectivity index (χ3v) is 16.5. The van der Waals surface area contributed by atoms with E-state index in [1.807, 2.05) is 90.1 Å². The maximum absolute atomic E-state index is 14.8. The van der Waals surface area contributed by atoms with Crippen molar-refractivity contribution in [3.63, 3.8) is 0 Å². The van der Waals surface area contributed by atoms with Crippen LogP contribution in [-0.4, -0.2) is 131 Å². The summed E-state index contributed by atoms with van der Waals surface area (Å²) in [5.41, 5.74) is 2.35. The number of fused-ring (bicyclic) bond motifs is 2. The monoisotopic (exact) mass is 1090 g/mol. The zero-order chi connectivity index (χ0) is 57.7. The van der Waals surface area contributed by atoms with E-state index in [-0.39, 0.29) is 79.4 Å². The molecule has 0 unspecified atom stereocenters. The van der Waals surface area contributed by atoms with Crippen LogP contribution in [0, 0.1) is 22.7 Å². The lowest BCUT2D eigenvalue weighted by molar-refractivity contribution is -0.144. The van der Waals surface area contributed by atoms with Gasteiger partial charge in [-0.25, -0.2) is 4.79 Å². The molecule has 2 fully saturated rings. The van der Waals surface area contributed by atoms with Gasteiger partial charge in [0.15, 0.2) is 11.6 Å². The molecule has 2 saturated heterocycles. The van der Waals surface area contributed by atoms with Gasteiger partial charge in [-0.3, -0.25) is 38.4 Å². The lowest BCUT2D eigenvalue weighted by atomic mass is 9.85. The first-order valence-electron chi connectivity index (χ1n) is 28.1. The number of ketones is 2. The number of rotatable bonds is 19. The number of nitrogens with one attached hydrogen (secondary N) is 6. The first kappa shape index (κ1) is 59.9. The molecular formula is C61H82N8O10. The second-order valence-corrected chi connectivity index (χ2v) is 24.5. The highest BCUT2D eigenvalue weighted by Gasteiger charge is 2.48. The zero-order valence-corrected chi connectivity index (χ0v) is 47.6. The van der Waals surface area contributed by atoms with Crippen LogP contribution in [0.25, 0.3) is 0 Å². The zero-order valence-electron chi connectivity index (χ0n) is 47.6. The number of hydrogen-bond acceptors (Lipinski definition) is 11. The smallest absolute Gasteiger partial charge is 0.335 e. The normalized spacial score (nSPS) is 22.5. The number of hydrogen-bond donors (Lipinski definition) is 7. The number of aryl methyl sites for hydroxylation is 2. The number of nitrogens with zero attached hydrogens (tertiary/aromatic N) is 2. The molecule has 0 spiro atoms. The molecule has 6 amide bonds. The van der Waals surface area contributed by atoms with E-state index < -0.39 is 100 Å². The third kappa shape index (κ3) is 14.2. The van der Waals surface area contributed by atoms with Crippen LogP contribution in [0.3, 0.4) is 0 Å². The molecule has 18 nitrogen and oxygen atoms in total. The number of carboxylic acids is 1. The molecule has 3 aromatic rings. The maximum Gasteiger partial charge on any atom is 0.335 e. The van der Waals surface area contributed by atoms with Crippen molar-refractivity contribution in [2.24, 2.45) is 22.7 Å². The number of carboxylic acid groups (broad SMARTS) is 1. The Labute approximate surface area is 464 Å². The molecule has 2 aliphatic heterocycles. The highest BCUT2D eigenvalue weighted by atomic mass is 16.4. The molecule has 4 aliphatic rings. The highest BCUT2D eigenvalue weighted by molar-refractivity contribution is 6.05. The Hall–Kier alpha value is -6.79. The van der Waals surface area contributed by atoms with Crippen LogP contribution >= 0.6 is 0 Å². The molecule has 0 bridgehead atoms. The summed E-state index contributed by atoms with van der Waals surface area (Å²) in [4.78, 5) is 130. The van der Waals surface area contributed by atoms with E-state index in [2.05, 4.69) is 31.9 Å². The number of carbonyl (C=O) groups excluding carboxylic acids is 8. The highest BCUT2D eigenvalue weighted by Crippen LogP contribution is 2.37. The molecule has 3 aromatic carbocycles. The van der Waals surface area contributed by atoms with Crippen molar-refractivity contribution in [3.05, 3.63) is 106 Å². The van der Waals surface area contributed by atoms with Crippen LogP contribution in [0.15, 0.2) is 66.7 Å². The Morgan fingerprint density at radius 1 is 0.570 bits per heavy atom. The Morgan fingerprint density at radius 2 is 0.937 bits per heavy atom. The molecule has 10 atom stereocenters. The molecule has 0 aromatic heterocycles. The first-order valence-corrected chi connectivity index (χ1v) is 28.1. The fraction of sp³-hybridized carbons (Fsp3) is 0.557. The van der Waals surface area contributed by atoms with Gasteiger partial charge in [-0.1, -0.05) is 90.1 Å². The summed E-state index contributed by atoms with van der Waals surface area (Å²) >= 11 is 0. The molecule has 426 valence electrons. The molecule has 7 N–H and O–H groups in total. The van der Waals surface area contributed by atoms with Crippen LogP contribution < -0.4 is 31.9 Å². The summed E-state index contributed by atoms with van der Waals surface area (Å²) in [6, 6.07) is 13.8. The quantitative estimate of drug-likeness (QED) is 0.0722. The first-order chi connectivity index (χ1) is 37.3. The summed E-state index contributed by atoms with van der Waals surface area (Å²) in [6.07, 6.45) is 4.69. The summed E-state index contributed by atoms with van der Waals surface area (Å²) in [7, 11) is 3.27. The largest absolute Gasteiger partial charge is 0.478 e. The third-order valence-electron chi connectivity index (χ3n) is 16.5. The van der Waals surface area contributed by atoms with Gasteiger partial charge < -0.3 is 46.8 Å². The van der Waals surface area contributed by atoms with E-state index in [0.29, 0.717) is 12.8 Å². The molecule has 79 heavy (non-hydrogen) atoms. The number of carbonyl (C=O) groups is 9. The maximum atomic E-state index is 14.8. The predicted molar refractivity (Wildman–Crippen MR) is 299 cm³/mol. The van der Waals surface area contributed by atoms with E-state index >= 15 is 0 Å². The number of likely N-dealkylation sites (tertiary alicyclic amines) is 2. The van der Waals surface area contributed by atoms with Gasteiger partial charge in [0.1, 0.15) is 24.2 Å². The SMILES string of the molecule is CN[C@@H](C)C(=O)N[C@H](C(=O)N1C[C@@H](CC(=O)c2cc(C(=O)O)cc(C(=O)C[C@H]3C[C@@H](C(=O)N[C@@H]4CCCc5ccccc54)N(C(=O)[C@@H](NC(=O)[C@H](C)NC)C(C)(C)C)C3)c2)C[C@H]1C(=O)N[C@@H]1CCCc2ccccc21)C(C)(C)C. The Bertz CT molecular complexity index is 2640. The minimum atomic E-state index is -1.37. The van der Waals surface area contributed by atoms with Gasteiger partial charge in [0.05, 0.1) is 29.7 Å². The van der Waals surface area contributed by atoms with Gasteiger partial charge in [-0.15, -0.1) is 0 Å². The van der Waals surface area contributed by atoms with E-state index in [1.165, 1.54) is 28.0 Å².